The first kappa shape index (κ1) is 22.8. The zero-order valence-electron chi connectivity index (χ0n) is 18.7. The molecule has 9 heteroatoms. The number of amides is 2. The number of nitro groups is 1. The molecular formula is C25H23N3O6. The Hall–Kier alpha value is -4.40. The number of fused-ring (bicyclic) bond motifs is 1. The van der Waals surface area contributed by atoms with E-state index >= 15 is 0 Å². The zero-order chi connectivity index (χ0) is 24.2. The fraction of sp³-hybridized carbons (Fsp3) is 0.200. The van der Waals surface area contributed by atoms with Crippen LogP contribution in [-0.4, -0.2) is 35.9 Å². The van der Waals surface area contributed by atoms with Gasteiger partial charge in [0, 0.05) is 29.9 Å². The average Bonchev–Trinajstić information content (AvgIpc) is 3.18. The maximum Gasteiger partial charge on any atom is 0.269 e. The van der Waals surface area contributed by atoms with Crippen LogP contribution in [0.2, 0.25) is 0 Å². The number of nitro benzene ring substituents is 1. The smallest absolute Gasteiger partial charge is 0.269 e. The minimum Gasteiger partial charge on any atom is -0.493 e. The highest BCUT2D eigenvalue weighted by Gasteiger charge is 2.35. The van der Waals surface area contributed by atoms with Gasteiger partial charge in [-0.3, -0.25) is 19.7 Å². The van der Waals surface area contributed by atoms with Gasteiger partial charge in [0.1, 0.15) is 0 Å². The van der Waals surface area contributed by atoms with Gasteiger partial charge in [0.25, 0.3) is 11.6 Å². The normalized spacial score (nSPS) is 13.2. The first-order valence-electron chi connectivity index (χ1n) is 10.6. The van der Waals surface area contributed by atoms with Crippen LogP contribution < -0.4 is 14.8 Å². The van der Waals surface area contributed by atoms with E-state index in [4.69, 9.17) is 9.47 Å². The van der Waals surface area contributed by atoms with Gasteiger partial charge in [-0.1, -0.05) is 24.3 Å². The lowest BCUT2D eigenvalue weighted by molar-refractivity contribution is -0.384. The van der Waals surface area contributed by atoms with E-state index in [0.29, 0.717) is 29.3 Å². The molecule has 1 aliphatic heterocycles. The van der Waals surface area contributed by atoms with Crippen LogP contribution in [0.1, 0.15) is 33.9 Å². The van der Waals surface area contributed by atoms with Crippen LogP contribution in [-0.2, 0) is 11.3 Å². The van der Waals surface area contributed by atoms with E-state index in [1.54, 1.807) is 29.2 Å². The van der Waals surface area contributed by atoms with Crippen molar-refractivity contribution >= 4 is 23.2 Å². The molecular weight excluding hydrogens is 438 g/mol. The molecule has 3 aromatic rings. The second kappa shape index (κ2) is 9.62. The predicted octanol–water partition coefficient (Wildman–Crippen LogP) is 4.34. The summed E-state index contributed by atoms with van der Waals surface area (Å²) >= 11 is 0. The second-order valence-electron chi connectivity index (χ2n) is 7.78. The summed E-state index contributed by atoms with van der Waals surface area (Å²) in [6, 6.07) is 17.7. The summed E-state index contributed by atoms with van der Waals surface area (Å²) < 4.78 is 10.7. The van der Waals surface area contributed by atoms with E-state index in [2.05, 4.69) is 5.32 Å². The summed E-state index contributed by atoms with van der Waals surface area (Å²) in [6.45, 7) is 0.374. The van der Waals surface area contributed by atoms with Crippen LogP contribution in [0.15, 0.2) is 66.7 Å². The lowest BCUT2D eigenvalue weighted by atomic mass is 10.0. The molecule has 1 N–H and O–H groups in total. The van der Waals surface area contributed by atoms with Crippen molar-refractivity contribution in [2.24, 2.45) is 0 Å². The van der Waals surface area contributed by atoms with E-state index in [1.807, 2.05) is 18.2 Å². The highest BCUT2D eigenvalue weighted by Crippen LogP contribution is 2.37. The van der Waals surface area contributed by atoms with Crippen molar-refractivity contribution in [2.75, 3.05) is 19.5 Å². The SMILES string of the molecule is COc1ccc(C(CC(=O)Nc2ccc([N+](=O)[O-])cc2)N2Cc3ccccc3C2=O)cc1OC. The van der Waals surface area contributed by atoms with Crippen LogP contribution in [0.25, 0.3) is 0 Å². The molecule has 1 unspecified atom stereocenters. The number of anilines is 1. The molecule has 0 saturated heterocycles. The van der Waals surface area contributed by atoms with Gasteiger partial charge in [-0.2, -0.15) is 0 Å². The standard InChI is InChI=1S/C25H23N3O6/c1-33-22-12-7-16(13-23(22)34-2)21(27-15-17-5-3-4-6-20(17)25(27)30)14-24(29)26-18-8-10-19(11-9-18)28(31)32/h3-13,21H,14-15H2,1-2H3,(H,26,29). The van der Waals surface area contributed by atoms with E-state index in [0.717, 1.165) is 11.1 Å². The van der Waals surface area contributed by atoms with Crippen molar-refractivity contribution in [2.45, 2.75) is 19.0 Å². The van der Waals surface area contributed by atoms with Crippen LogP contribution in [0.3, 0.4) is 0 Å². The Morgan fingerprint density at radius 2 is 1.76 bits per heavy atom. The monoisotopic (exact) mass is 461 g/mol. The van der Waals surface area contributed by atoms with Crippen molar-refractivity contribution in [3.8, 4) is 11.5 Å². The van der Waals surface area contributed by atoms with Crippen LogP contribution in [0.4, 0.5) is 11.4 Å². The molecule has 34 heavy (non-hydrogen) atoms. The van der Waals surface area contributed by atoms with Gasteiger partial charge >= 0.3 is 0 Å². The number of nitrogens with one attached hydrogen (secondary N) is 1. The first-order valence-corrected chi connectivity index (χ1v) is 10.6. The van der Waals surface area contributed by atoms with Gasteiger partial charge in [-0.25, -0.2) is 0 Å². The Labute approximate surface area is 196 Å². The molecule has 0 aliphatic carbocycles. The number of non-ortho nitro benzene ring substituents is 1. The Kier molecular flexibility index (Phi) is 6.44. The molecule has 1 heterocycles. The molecule has 0 radical (unpaired) electrons. The number of hydrogen-bond acceptors (Lipinski definition) is 6. The van der Waals surface area contributed by atoms with Gasteiger partial charge in [0.2, 0.25) is 5.91 Å². The van der Waals surface area contributed by atoms with Crippen molar-refractivity contribution in [3.05, 3.63) is 93.5 Å². The third-order valence-electron chi connectivity index (χ3n) is 5.76. The van der Waals surface area contributed by atoms with Crippen LogP contribution >= 0.6 is 0 Å². The molecule has 9 nitrogen and oxygen atoms in total. The molecule has 0 bridgehead atoms. The summed E-state index contributed by atoms with van der Waals surface area (Å²) in [5.41, 5.74) is 2.59. The molecule has 1 atom stereocenters. The zero-order valence-corrected chi connectivity index (χ0v) is 18.7. The van der Waals surface area contributed by atoms with Gasteiger partial charge in [0.15, 0.2) is 11.5 Å². The molecule has 1 aliphatic rings. The number of carbonyl (C=O) groups excluding carboxylic acids is 2. The fourth-order valence-corrected chi connectivity index (χ4v) is 4.05. The predicted molar refractivity (Wildman–Crippen MR) is 125 cm³/mol. The second-order valence-corrected chi connectivity index (χ2v) is 7.78. The quantitative estimate of drug-likeness (QED) is 0.395. The Morgan fingerprint density at radius 1 is 1.06 bits per heavy atom. The van der Waals surface area contributed by atoms with E-state index in [1.165, 1.54) is 38.5 Å². The third-order valence-corrected chi connectivity index (χ3v) is 5.76. The summed E-state index contributed by atoms with van der Waals surface area (Å²) in [5.74, 6) is 0.539. The number of carbonyl (C=O) groups is 2. The van der Waals surface area contributed by atoms with Crippen molar-refractivity contribution in [3.63, 3.8) is 0 Å². The fourth-order valence-electron chi connectivity index (χ4n) is 4.05. The highest BCUT2D eigenvalue weighted by atomic mass is 16.6. The van der Waals surface area contributed by atoms with E-state index in [9.17, 15) is 19.7 Å². The number of methoxy groups -OCH3 is 2. The molecule has 0 aromatic heterocycles. The number of ether oxygens (including phenoxy) is 2. The van der Waals surface area contributed by atoms with Crippen molar-refractivity contribution < 1.29 is 24.0 Å². The van der Waals surface area contributed by atoms with E-state index in [-0.39, 0.29) is 23.9 Å². The lowest BCUT2D eigenvalue weighted by Crippen LogP contribution is -2.32. The van der Waals surface area contributed by atoms with Gasteiger partial charge in [-0.05, 0) is 41.5 Å². The molecule has 0 fully saturated rings. The molecule has 2 amide bonds. The lowest BCUT2D eigenvalue weighted by Gasteiger charge is -2.28. The third kappa shape index (κ3) is 4.54. The van der Waals surface area contributed by atoms with Gasteiger partial charge in [0.05, 0.1) is 31.6 Å². The maximum absolute atomic E-state index is 13.2. The number of nitrogens with zero attached hydrogens (tertiary/aromatic N) is 2. The molecule has 4 rings (SSSR count). The molecule has 0 spiro atoms. The Bertz CT molecular complexity index is 1240. The molecule has 3 aromatic carbocycles. The Balaban J connectivity index is 1.62. The van der Waals surface area contributed by atoms with E-state index < -0.39 is 11.0 Å². The number of hydrogen-bond donors (Lipinski definition) is 1. The number of rotatable bonds is 8. The summed E-state index contributed by atoms with van der Waals surface area (Å²) in [7, 11) is 3.06. The molecule has 174 valence electrons. The average molecular weight is 461 g/mol. The summed E-state index contributed by atoms with van der Waals surface area (Å²) in [5, 5.41) is 13.6. The highest BCUT2D eigenvalue weighted by molar-refractivity contribution is 5.99. The topological polar surface area (TPSA) is 111 Å². The van der Waals surface area contributed by atoms with Crippen LogP contribution in [0, 0.1) is 10.1 Å². The van der Waals surface area contributed by atoms with Crippen molar-refractivity contribution in [1.82, 2.24) is 4.90 Å². The first-order chi connectivity index (χ1) is 16.4. The molecule has 0 saturated carbocycles. The van der Waals surface area contributed by atoms with Gasteiger partial charge < -0.3 is 19.7 Å². The minimum absolute atomic E-state index is 0.0216. The van der Waals surface area contributed by atoms with Gasteiger partial charge in [-0.15, -0.1) is 0 Å². The maximum atomic E-state index is 13.2. The Morgan fingerprint density at radius 3 is 2.41 bits per heavy atom. The largest absolute Gasteiger partial charge is 0.493 e. The summed E-state index contributed by atoms with van der Waals surface area (Å²) in [6.07, 6.45) is -0.0216. The van der Waals surface area contributed by atoms with Crippen molar-refractivity contribution in [1.29, 1.82) is 0 Å². The number of benzene rings is 3. The minimum atomic E-state index is -0.572. The van der Waals surface area contributed by atoms with Crippen LogP contribution in [0.5, 0.6) is 11.5 Å². The summed E-state index contributed by atoms with van der Waals surface area (Å²) in [4.78, 5) is 38.2.